The fraction of sp³-hybridized carbons (Fsp3) is 0.389. The summed E-state index contributed by atoms with van der Waals surface area (Å²) in [6.45, 7) is 3.88. The molecule has 0 bridgehead atoms. The van der Waals surface area contributed by atoms with E-state index in [1.54, 1.807) is 6.07 Å². The first-order chi connectivity index (χ1) is 12.5. The number of benzene rings is 1. The number of nitrogens with zero attached hydrogens (tertiary/aromatic N) is 2. The molecule has 2 N–H and O–H groups in total. The molecular weight excluding hydrogens is 339 g/mol. The second-order valence-corrected chi connectivity index (χ2v) is 6.74. The van der Waals surface area contributed by atoms with Gasteiger partial charge < -0.3 is 10.3 Å². The number of halogens is 1. The van der Waals surface area contributed by atoms with E-state index in [4.69, 9.17) is 0 Å². The van der Waals surface area contributed by atoms with Gasteiger partial charge in [-0.15, -0.1) is 0 Å². The van der Waals surface area contributed by atoms with Crippen molar-refractivity contribution in [2.24, 2.45) is 0 Å². The third-order valence-electron chi connectivity index (χ3n) is 5.17. The number of pyridine rings is 1. The lowest BCUT2D eigenvalue weighted by Crippen LogP contribution is -2.47. The van der Waals surface area contributed by atoms with Crippen LogP contribution in [0.15, 0.2) is 29.1 Å². The van der Waals surface area contributed by atoms with Crippen molar-refractivity contribution in [3.8, 4) is 0 Å². The normalized spacial score (nSPS) is 21.1. The Labute approximate surface area is 148 Å². The highest BCUT2D eigenvalue weighted by Crippen LogP contribution is 2.32. The Hall–Kier alpha value is -2.58. The van der Waals surface area contributed by atoms with Crippen molar-refractivity contribution in [2.75, 3.05) is 26.2 Å². The predicted octanol–water partition coefficient (Wildman–Crippen LogP) is 2.03. The highest BCUT2D eigenvalue weighted by Gasteiger charge is 2.25. The molecule has 0 amide bonds. The van der Waals surface area contributed by atoms with Gasteiger partial charge in [-0.25, -0.2) is 4.39 Å². The quantitative estimate of drug-likeness (QED) is 0.647. The molecule has 8 heteroatoms. The zero-order valence-electron chi connectivity index (χ0n) is 14.1. The van der Waals surface area contributed by atoms with E-state index in [-0.39, 0.29) is 16.5 Å². The third kappa shape index (κ3) is 3.02. The molecule has 1 fully saturated rings. The van der Waals surface area contributed by atoms with Crippen LogP contribution in [0.25, 0.3) is 16.3 Å². The monoisotopic (exact) mass is 358 g/mol. The highest BCUT2D eigenvalue weighted by molar-refractivity contribution is 5.92. The number of piperazine rings is 1. The summed E-state index contributed by atoms with van der Waals surface area (Å²) in [5.74, 6) is -0.790. The molecule has 136 valence electrons. The summed E-state index contributed by atoms with van der Waals surface area (Å²) in [6.07, 6.45) is 3.89. The topological polar surface area (TPSA) is 91.3 Å². The van der Waals surface area contributed by atoms with Gasteiger partial charge in [0.15, 0.2) is 0 Å². The number of H-pyrrole nitrogens is 1. The number of nitro benzene ring substituents is 1. The van der Waals surface area contributed by atoms with Gasteiger partial charge in [0.1, 0.15) is 5.82 Å². The Morgan fingerprint density at radius 1 is 1.19 bits per heavy atom. The number of aromatic amines is 1. The second kappa shape index (κ2) is 6.62. The molecule has 1 aromatic heterocycles. The van der Waals surface area contributed by atoms with Crippen LogP contribution in [-0.2, 0) is 0 Å². The lowest BCUT2D eigenvalue weighted by Gasteiger charge is -2.31. The van der Waals surface area contributed by atoms with E-state index in [9.17, 15) is 19.3 Å². The van der Waals surface area contributed by atoms with Crippen LogP contribution in [0.2, 0.25) is 0 Å². The van der Waals surface area contributed by atoms with Crippen molar-refractivity contribution >= 4 is 22.0 Å². The Bertz CT molecular complexity index is 963. The van der Waals surface area contributed by atoms with Crippen molar-refractivity contribution in [3.05, 3.63) is 56.3 Å². The van der Waals surface area contributed by atoms with Crippen molar-refractivity contribution in [2.45, 2.75) is 18.9 Å². The fourth-order valence-corrected chi connectivity index (χ4v) is 3.87. The van der Waals surface area contributed by atoms with E-state index < -0.39 is 16.3 Å². The molecular formula is C18H19FN4O3. The van der Waals surface area contributed by atoms with Crippen molar-refractivity contribution in [1.29, 1.82) is 0 Å². The maximum atomic E-state index is 13.6. The number of aromatic nitrogens is 1. The van der Waals surface area contributed by atoms with Gasteiger partial charge in [0.05, 0.1) is 21.8 Å². The molecule has 1 atom stereocenters. The molecule has 2 aromatic rings. The van der Waals surface area contributed by atoms with E-state index in [1.165, 1.54) is 0 Å². The molecule has 2 aliphatic rings. The SMILES string of the molecule is O=c1[nH]c(C2=CC(N3CCNCC3)CC2)cc2c([N+](=O)[O-])cc(F)cc12. The van der Waals surface area contributed by atoms with Crippen LogP contribution in [-0.4, -0.2) is 47.0 Å². The highest BCUT2D eigenvalue weighted by atomic mass is 19.1. The second-order valence-electron chi connectivity index (χ2n) is 6.74. The zero-order chi connectivity index (χ0) is 18.3. The molecule has 4 rings (SSSR count). The van der Waals surface area contributed by atoms with Crippen LogP contribution in [0.4, 0.5) is 10.1 Å². The summed E-state index contributed by atoms with van der Waals surface area (Å²) in [5, 5.41) is 14.8. The van der Waals surface area contributed by atoms with Crippen molar-refractivity contribution in [3.63, 3.8) is 0 Å². The molecule has 26 heavy (non-hydrogen) atoms. The Morgan fingerprint density at radius 3 is 2.69 bits per heavy atom. The molecule has 7 nitrogen and oxygen atoms in total. The molecule has 0 spiro atoms. The average molecular weight is 358 g/mol. The Kier molecular flexibility index (Phi) is 4.29. The first kappa shape index (κ1) is 16.9. The van der Waals surface area contributed by atoms with Crippen LogP contribution in [0, 0.1) is 15.9 Å². The molecule has 1 aliphatic carbocycles. The van der Waals surface area contributed by atoms with Crippen molar-refractivity contribution < 1.29 is 9.31 Å². The maximum Gasteiger partial charge on any atom is 0.280 e. The standard InChI is InChI=1S/C18H19FN4O3/c19-12-8-15-14(17(9-12)23(25)26)10-16(21-18(15)24)11-1-2-13(7-11)22-5-3-20-4-6-22/h7-10,13,20H,1-6H2,(H,21,24). The summed E-state index contributed by atoms with van der Waals surface area (Å²) < 4.78 is 13.6. The molecule has 0 radical (unpaired) electrons. The van der Waals surface area contributed by atoms with Crippen LogP contribution in [0.3, 0.4) is 0 Å². The molecule has 1 saturated heterocycles. The van der Waals surface area contributed by atoms with Gasteiger partial charge in [0, 0.05) is 37.9 Å². The average Bonchev–Trinajstić information content (AvgIpc) is 3.12. The fourth-order valence-electron chi connectivity index (χ4n) is 3.87. The minimum Gasteiger partial charge on any atom is -0.322 e. The molecule has 1 unspecified atom stereocenters. The number of allylic oxidation sites excluding steroid dienone is 1. The first-order valence-electron chi connectivity index (χ1n) is 8.70. The number of hydrogen-bond acceptors (Lipinski definition) is 5. The van der Waals surface area contributed by atoms with Crippen LogP contribution in [0.5, 0.6) is 0 Å². The number of nitro groups is 1. The molecule has 1 aliphatic heterocycles. The van der Waals surface area contributed by atoms with Gasteiger partial charge in [-0.1, -0.05) is 6.08 Å². The summed E-state index contributed by atoms with van der Waals surface area (Å²) >= 11 is 0. The van der Waals surface area contributed by atoms with Gasteiger partial charge >= 0.3 is 0 Å². The van der Waals surface area contributed by atoms with Gasteiger partial charge in [-0.2, -0.15) is 0 Å². The smallest absolute Gasteiger partial charge is 0.280 e. The number of fused-ring (bicyclic) bond motifs is 1. The number of non-ortho nitro benzene ring substituents is 1. The van der Waals surface area contributed by atoms with Gasteiger partial charge in [0.2, 0.25) is 0 Å². The summed E-state index contributed by atoms with van der Waals surface area (Å²) in [7, 11) is 0. The van der Waals surface area contributed by atoms with Gasteiger partial charge in [-0.3, -0.25) is 19.8 Å². The summed E-state index contributed by atoms with van der Waals surface area (Å²) in [5.41, 5.74) is 0.664. The number of hydrogen-bond donors (Lipinski definition) is 2. The van der Waals surface area contributed by atoms with E-state index in [0.717, 1.165) is 56.7 Å². The van der Waals surface area contributed by atoms with Crippen molar-refractivity contribution in [1.82, 2.24) is 15.2 Å². The van der Waals surface area contributed by atoms with Crippen LogP contribution < -0.4 is 10.9 Å². The minimum absolute atomic E-state index is 0.00213. The first-order valence-corrected chi connectivity index (χ1v) is 8.70. The van der Waals surface area contributed by atoms with E-state index >= 15 is 0 Å². The maximum absolute atomic E-state index is 13.6. The largest absolute Gasteiger partial charge is 0.322 e. The van der Waals surface area contributed by atoms with Gasteiger partial charge in [0.25, 0.3) is 11.2 Å². The Balaban J connectivity index is 1.75. The lowest BCUT2D eigenvalue weighted by atomic mass is 10.1. The van der Waals surface area contributed by atoms with Gasteiger partial charge in [-0.05, 0) is 30.5 Å². The molecule has 1 aromatic carbocycles. The Morgan fingerprint density at radius 2 is 1.96 bits per heavy atom. The lowest BCUT2D eigenvalue weighted by molar-refractivity contribution is -0.383. The predicted molar refractivity (Wildman–Crippen MR) is 96.6 cm³/mol. The third-order valence-corrected chi connectivity index (χ3v) is 5.17. The van der Waals surface area contributed by atoms with E-state index in [2.05, 4.69) is 21.3 Å². The minimum atomic E-state index is -0.790. The zero-order valence-corrected chi connectivity index (χ0v) is 14.1. The number of rotatable bonds is 3. The molecule has 0 saturated carbocycles. The summed E-state index contributed by atoms with van der Waals surface area (Å²) in [4.78, 5) is 28.2. The van der Waals surface area contributed by atoms with E-state index in [0.29, 0.717) is 11.7 Å². The summed E-state index contributed by atoms with van der Waals surface area (Å²) in [6, 6.07) is 3.81. The van der Waals surface area contributed by atoms with Crippen LogP contribution >= 0.6 is 0 Å². The number of nitrogens with one attached hydrogen (secondary N) is 2. The molecule has 2 heterocycles. The van der Waals surface area contributed by atoms with E-state index in [1.807, 2.05) is 0 Å². The van der Waals surface area contributed by atoms with Crippen LogP contribution in [0.1, 0.15) is 18.5 Å².